The fraction of sp³-hybridized carbons (Fsp3) is 0.455. The minimum atomic E-state index is 0.888. The van der Waals surface area contributed by atoms with Crippen molar-refractivity contribution in [2.24, 2.45) is 0 Å². The number of nitrogens with zero attached hydrogens (tertiary/aromatic N) is 1. The van der Waals surface area contributed by atoms with Crippen LogP contribution in [0.4, 0.5) is 11.4 Å². The van der Waals surface area contributed by atoms with E-state index in [2.05, 4.69) is 41.3 Å². The Kier molecular flexibility index (Phi) is 4.46. The van der Waals surface area contributed by atoms with Gasteiger partial charge in [0, 0.05) is 24.5 Å². The third-order valence-electron chi connectivity index (χ3n) is 5.62. The number of piperidine rings is 1. The van der Waals surface area contributed by atoms with E-state index in [1.165, 1.54) is 86.0 Å². The first kappa shape index (κ1) is 15.6. The van der Waals surface area contributed by atoms with Crippen molar-refractivity contribution in [2.45, 2.75) is 51.4 Å². The average molecular weight is 320 g/mol. The van der Waals surface area contributed by atoms with Crippen LogP contribution in [0.5, 0.6) is 0 Å². The van der Waals surface area contributed by atoms with Crippen molar-refractivity contribution in [1.82, 2.24) is 0 Å². The molecule has 2 heteroatoms. The topological polar surface area (TPSA) is 29.3 Å². The highest BCUT2D eigenvalue weighted by Gasteiger charge is 2.16. The summed E-state index contributed by atoms with van der Waals surface area (Å²) >= 11 is 0. The number of anilines is 2. The van der Waals surface area contributed by atoms with E-state index < -0.39 is 0 Å². The fourth-order valence-corrected chi connectivity index (χ4v) is 4.29. The SMILES string of the molecule is Nc1ccc2c(c1)CCCCCc1cc(N3CCCCC3)ccc1-2. The van der Waals surface area contributed by atoms with Gasteiger partial charge in [0.15, 0.2) is 0 Å². The van der Waals surface area contributed by atoms with Gasteiger partial charge in [-0.05, 0) is 91.5 Å². The second-order valence-electron chi connectivity index (χ2n) is 7.37. The van der Waals surface area contributed by atoms with Crippen LogP contribution in [0, 0.1) is 0 Å². The van der Waals surface area contributed by atoms with Gasteiger partial charge in [-0.1, -0.05) is 18.6 Å². The van der Waals surface area contributed by atoms with E-state index in [0.717, 1.165) is 12.1 Å². The molecule has 2 aromatic rings. The van der Waals surface area contributed by atoms with E-state index in [1.807, 2.05) is 0 Å². The maximum absolute atomic E-state index is 6.05. The number of hydrogen-bond acceptors (Lipinski definition) is 2. The third kappa shape index (κ3) is 3.15. The van der Waals surface area contributed by atoms with Gasteiger partial charge in [0.1, 0.15) is 0 Å². The molecule has 0 bridgehead atoms. The molecule has 1 heterocycles. The van der Waals surface area contributed by atoms with Gasteiger partial charge in [0.2, 0.25) is 0 Å². The molecule has 1 aliphatic heterocycles. The average Bonchev–Trinajstić information content (AvgIpc) is 2.70. The van der Waals surface area contributed by atoms with E-state index in [4.69, 9.17) is 5.73 Å². The van der Waals surface area contributed by atoms with Crippen LogP contribution in [0.1, 0.15) is 49.7 Å². The zero-order valence-corrected chi connectivity index (χ0v) is 14.6. The van der Waals surface area contributed by atoms with E-state index >= 15 is 0 Å². The van der Waals surface area contributed by atoms with E-state index in [1.54, 1.807) is 0 Å². The van der Waals surface area contributed by atoms with Crippen LogP contribution in [0.2, 0.25) is 0 Å². The van der Waals surface area contributed by atoms with Crippen LogP contribution >= 0.6 is 0 Å². The van der Waals surface area contributed by atoms with Gasteiger partial charge in [-0.15, -0.1) is 0 Å². The van der Waals surface area contributed by atoms with Crippen LogP contribution in [-0.2, 0) is 12.8 Å². The van der Waals surface area contributed by atoms with Crippen molar-refractivity contribution in [2.75, 3.05) is 23.7 Å². The van der Waals surface area contributed by atoms with Gasteiger partial charge in [0.05, 0.1) is 0 Å². The number of nitrogen functional groups attached to an aromatic ring is 1. The summed E-state index contributed by atoms with van der Waals surface area (Å²) in [6.45, 7) is 2.43. The lowest BCUT2D eigenvalue weighted by Crippen LogP contribution is -2.29. The molecule has 0 spiro atoms. The van der Waals surface area contributed by atoms with Crippen LogP contribution in [0.3, 0.4) is 0 Å². The standard InChI is InChI=1S/C22H28N2/c23-19-9-11-21-17(15-19)7-3-1-4-8-18-16-20(10-12-22(18)21)24-13-5-2-6-14-24/h9-12,15-16H,1-8,13-14,23H2. The van der Waals surface area contributed by atoms with Gasteiger partial charge in [-0.2, -0.15) is 0 Å². The number of benzene rings is 2. The Morgan fingerprint density at radius 1 is 0.667 bits per heavy atom. The van der Waals surface area contributed by atoms with Crippen molar-refractivity contribution in [3.63, 3.8) is 0 Å². The molecule has 2 aromatic carbocycles. The van der Waals surface area contributed by atoms with Crippen LogP contribution in [-0.4, -0.2) is 13.1 Å². The van der Waals surface area contributed by atoms with E-state index in [-0.39, 0.29) is 0 Å². The lowest BCUT2D eigenvalue weighted by molar-refractivity contribution is 0.577. The Balaban J connectivity index is 1.76. The summed E-state index contributed by atoms with van der Waals surface area (Å²) in [5, 5.41) is 0. The van der Waals surface area contributed by atoms with Crippen molar-refractivity contribution < 1.29 is 0 Å². The summed E-state index contributed by atoms with van der Waals surface area (Å²) < 4.78 is 0. The second kappa shape index (κ2) is 6.88. The Morgan fingerprint density at radius 3 is 2.04 bits per heavy atom. The Labute approximate surface area is 145 Å². The van der Waals surface area contributed by atoms with E-state index in [9.17, 15) is 0 Å². The normalized spacial score (nSPS) is 18.1. The van der Waals surface area contributed by atoms with E-state index in [0.29, 0.717) is 0 Å². The number of rotatable bonds is 1. The minimum absolute atomic E-state index is 0.888. The molecule has 0 atom stereocenters. The van der Waals surface area contributed by atoms with Gasteiger partial charge in [0.25, 0.3) is 0 Å². The van der Waals surface area contributed by atoms with Crippen LogP contribution in [0.15, 0.2) is 36.4 Å². The first-order chi connectivity index (χ1) is 11.8. The fourth-order valence-electron chi connectivity index (χ4n) is 4.29. The lowest BCUT2D eigenvalue weighted by atomic mass is 9.92. The Hall–Kier alpha value is -1.96. The number of fused-ring (bicyclic) bond motifs is 3. The van der Waals surface area contributed by atoms with Gasteiger partial charge < -0.3 is 10.6 Å². The molecular weight excluding hydrogens is 292 g/mol. The number of hydrogen-bond donors (Lipinski definition) is 1. The zero-order chi connectivity index (χ0) is 16.4. The van der Waals surface area contributed by atoms with Crippen molar-refractivity contribution in [1.29, 1.82) is 0 Å². The predicted octanol–water partition coefficient (Wildman–Crippen LogP) is 5.20. The minimum Gasteiger partial charge on any atom is -0.399 e. The molecule has 0 amide bonds. The molecule has 0 unspecified atom stereocenters. The van der Waals surface area contributed by atoms with Gasteiger partial charge in [-0.25, -0.2) is 0 Å². The molecule has 0 saturated carbocycles. The molecule has 0 aromatic heterocycles. The molecule has 2 N–H and O–H groups in total. The smallest absolute Gasteiger partial charge is 0.0369 e. The molecule has 4 rings (SSSR count). The number of aryl methyl sites for hydroxylation is 2. The predicted molar refractivity (Wildman–Crippen MR) is 104 cm³/mol. The van der Waals surface area contributed by atoms with Crippen molar-refractivity contribution in [3.05, 3.63) is 47.5 Å². The first-order valence-electron chi connectivity index (χ1n) is 9.58. The van der Waals surface area contributed by atoms with Crippen molar-refractivity contribution in [3.8, 4) is 11.1 Å². The monoisotopic (exact) mass is 320 g/mol. The molecule has 1 fully saturated rings. The summed E-state index contributed by atoms with van der Waals surface area (Å²) in [4.78, 5) is 2.57. The lowest BCUT2D eigenvalue weighted by Gasteiger charge is -2.29. The molecule has 1 saturated heterocycles. The largest absolute Gasteiger partial charge is 0.399 e. The molecule has 24 heavy (non-hydrogen) atoms. The summed E-state index contributed by atoms with van der Waals surface area (Å²) in [5.74, 6) is 0. The van der Waals surface area contributed by atoms with Gasteiger partial charge in [-0.3, -0.25) is 0 Å². The Bertz CT molecular complexity index is 714. The highest BCUT2D eigenvalue weighted by atomic mass is 15.1. The summed E-state index contributed by atoms with van der Waals surface area (Å²) in [6, 6.07) is 13.6. The summed E-state index contributed by atoms with van der Waals surface area (Å²) in [5.41, 5.74) is 14.1. The third-order valence-corrected chi connectivity index (χ3v) is 5.62. The molecule has 126 valence electrons. The molecule has 2 aliphatic rings. The first-order valence-corrected chi connectivity index (χ1v) is 9.58. The highest BCUT2D eigenvalue weighted by Crippen LogP contribution is 2.35. The highest BCUT2D eigenvalue weighted by molar-refractivity contribution is 5.75. The van der Waals surface area contributed by atoms with Crippen LogP contribution in [0.25, 0.3) is 11.1 Å². The van der Waals surface area contributed by atoms with Crippen LogP contribution < -0.4 is 10.6 Å². The zero-order valence-electron chi connectivity index (χ0n) is 14.6. The molecule has 1 aliphatic carbocycles. The van der Waals surface area contributed by atoms with Gasteiger partial charge >= 0.3 is 0 Å². The summed E-state index contributed by atoms with van der Waals surface area (Å²) in [7, 11) is 0. The maximum atomic E-state index is 6.05. The number of nitrogens with two attached hydrogens (primary N) is 1. The maximum Gasteiger partial charge on any atom is 0.0369 e. The molecule has 0 radical (unpaired) electrons. The van der Waals surface area contributed by atoms with Crippen molar-refractivity contribution >= 4 is 11.4 Å². The molecule has 2 nitrogen and oxygen atoms in total. The summed E-state index contributed by atoms with van der Waals surface area (Å²) in [6.07, 6.45) is 10.3. The quantitative estimate of drug-likeness (QED) is 0.732. The second-order valence-corrected chi connectivity index (χ2v) is 7.37. The molecular formula is C22H28N2. The Morgan fingerprint density at radius 2 is 1.29 bits per heavy atom.